The normalized spacial score (nSPS) is 16.9. The summed E-state index contributed by atoms with van der Waals surface area (Å²) in [5.41, 5.74) is -1.12. The molecule has 0 saturated carbocycles. The van der Waals surface area contributed by atoms with Gasteiger partial charge in [-0.15, -0.1) is 0 Å². The lowest BCUT2D eigenvalue weighted by Crippen LogP contribution is -2.50. The second-order valence-corrected chi connectivity index (χ2v) is 8.87. The van der Waals surface area contributed by atoms with Crippen LogP contribution in [0.15, 0.2) is 29.2 Å². The molecule has 1 aliphatic rings. The Bertz CT molecular complexity index is 1040. The number of benzene rings is 1. The van der Waals surface area contributed by atoms with E-state index in [9.17, 15) is 18.4 Å². The average molecular weight is 455 g/mol. The van der Waals surface area contributed by atoms with Gasteiger partial charge in [-0.25, -0.2) is 13.6 Å². The number of amides is 1. The standard InChI is InChI=1S/C21H25ClF2N4O3/c1-21(2,3)31-20(30)26(4)14-6-5-9-27(12-14)17-11-25-28(19(29)18(17)22)16-8-7-13(23)10-15(16)24/h7-8,10-11,14H,5-6,9,12H2,1-4H3. The first kappa shape index (κ1) is 23.0. The minimum Gasteiger partial charge on any atom is -0.444 e. The number of aromatic nitrogens is 2. The Morgan fingerprint density at radius 3 is 2.65 bits per heavy atom. The molecule has 0 aliphatic carbocycles. The Kier molecular flexibility index (Phi) is 6.54. The van der Waals surface area contributed by atoms with Crippen molar-refractivity contribution in [3.05, 3.63) is 51.4 Å². The molecule has 1 aromatic carbocycles. The number of piperidine rings is 1. The van der Waals surface area contributed by atoms with Crippen LogP contribution in [0.5, 0.6) is 0 Å². The predicted molar refractivity (Wildman–Crippen MR) is 114 cm³/mol. The predicted octanol–water partition coefficient (Wildman–Crippen LogP) is 4.00. The van der Waals surface area contributed by atoms with Crippen LogP contribution in [-0.2, 0) is 4.74 Å². The lowest BCUT2D eigenvalue weighted by Gasteiger charge is -2.39. The van der Waals surface area contributed by atoms with Crippen LogP contribution in [0.3, 0.4) is 0 Å². The van der Waals surface area contributed by atoms with Crippen molar-refractivity contribution >= 4 is 23.4 Å². The fraction of sp³-hybridized carbons (Fsp3) is 0.476. The van der Waals surface area contributed by atoms with E-state index in [2.05, 4.69) is 5.10 Å². The second-order valence-electron chi connectivity index (χ2n) is 8.49. The van der Waals surface area contributed by atoms with Gasteiger partial charge in [0.25, 0.3) is 5.56 Å². The quantitative estimate of drug-likeness (QED) is 0.701. The van der Waals surface area contributed by atoms with E-state index in [1.165, 1.54) is 6.20 Å². The van der Waals surface area contributed by atoms with Crippen LogP contribution in [0.1, 0.15) is 33.6 Å². The largest absolute Gasteiger partial charge is 0.444 e. The van der Waals surface area contributed by atoms with Gasteiger partial charge in [-0.3, -0.25) is 4.79 Å². The Labute approximate surface area is 184 Å². The molecule has 0 N–H and O–H groups in total. The van der Waals surface area contributed by atoms with Gasteiger partial charge in [-0.1, -0.05) is 11.6 Å². The van der Waals surface area contributed by atoms with Crippen molar-refractivity contribution in [3.63, 3.8) is 0 Å². The molecule has 1 unspecified atom stereocenters. The molecule has 0 spiro atoms. The third kappa shape index (κ3) is 5.15. The van der Waals surface area contributed by atoms with E-state index in [0.717, 1.165) is 29.7 Å². The number of rotatable bonds is 3. The summed E-state index contributed by atoms with van der Waals surface area (Å²) in [6.07, 6.45) is 2.49. The highest BCUT2D eigenvalue weighted by Crippen LogP contribution is 2.27. The van der Waals surface area contributed by atoms with Crippen molar-refractivity contribution in [1.29, 1.82) is 0 Å². The number of hydrogen-bond acceptors (Lipinski definition) is 5. The monoisotopic (exact) mass is 454 g/mol. The van der Waals surface area contributed by atoms with Gasteiger partial charge in [-0.2, -0.15) is 9.78 Å². The fourth-order valence-electron chi connectivity index (χ4n) is 3.44. The number of hydrogen-bond donors (Lipinski definition) is 0. The average Bonchev–Trinajstić information content (AvgIpc) is 2.69. The SMILES string of the molecule is CN(C(=O)OC(C)(C)C)C1CCCN(c2cnn(-c3ccc(F)cc3F)c(=O)c2Cl)C1. The van der Waals surface area contributed by atoms with Crippen molar-refractivity contribution in [3.8, 4) is 5.69 Å². The van der Waals surface area contributed by atoms with Crippen LogP contribution in [0.4, 0.5) is 19.3 Å². The molecular formula is C21H25ClF2N4O3. The van der Waals surface area contributed by atoms with E-state index in [-0.39, 0.29) is 16.8 Å². The van der Waals surface area contributed by atoms with Crippen LogP contribution in [0, 0.1) is 11.6 Å². The number of anilines is 1. The van der Waals surface area contributed by atoms with E-state index < -0.39 is 28.9 Å². The zero-order valence-electron chi connectivity index (χ0n) is 17.9. The lowest BCUT2D eigenvalue weighted by atomic mass is 10.0. The maximum atomic E-state index is 14.1. The summed E-state index contributed by atoms with van der Waals surface area (Å²) in [6.45, 7) is 6.46. The van der Waals surface area contributed by atoms with Gasteiger partial charge < -0.3 is 14.5 Å². The fourth-order valence-corrected chi connectivity index (χ4v) is 3.69. The Morgan fingerprint density at radius 2 is 2.00 bits per heavy atom. The maximum Gasteiger partial charge on any atom is 0.410 e. The number of carbonyl (C=O) groups excluding carboxylic acids is 1. The molecule has 31 heavy (non-hydrogen) atoms. The summed E-state index contributed by atoms with van der Waals surface area (Å²) < 4.78 is 33.5. The van der Waals surface area contributed by atoms with E-state index >= 15 is 0 Å². The molecule has 1 aliphatic heterocycles. The molecule has 10 heteroatoms. The molecule has 3 rings (SSSR count). The number of halogens is 3. The number of likely N-dealkylation sites (N-methyl/N-ethyl adjacent to an activating group) is 1. The van der Waals surface area contributed by atoms with Crippen molar-refractivity contribution in [2.24, 2.45) is 0 Å². The highest BCUT2D eigenvalue weighted by Gasteiger charge is 2.30. The van der Waals surface area contributed by atoms with Gasteiger partial charge in [0.2, 0.25) is 0 Å². The van der Waals surface area contributed by atoms with Crippen LogP contribution < -0.4 is 10.5 Å². The van der Waals surface area contributed by atoms with Crippen LogP contribution in [0.25, 0.3) is 5.69 Å². The van der Waals surface area contributed by atoms with Gasteiger partial charge in [0.15, 0.2) is 5.82 Å². The third-order valence-electron chi connectivity index (χ3n) is 5.00. The Balaban J connectivity index is 1.83. The van der Waals surface area contributed by atoms with Crippen molar-refractivity contribution < 1.29 is 18.3 Å². The topological polar surface area (TPSA) is 67.7 Å². The van der Waals surface area contributed by atoms with Crippen LogP contribution >= 0.6 is 11.6 Å². The first-order valence-corrected chi connectivity index (χ1v) is 10.3. The van der Waals surface area contributed by atoms with E-state index in [1.54, 1.807) is 32.7 Å². The smallest absolute Gasteiger partial charge is 0.410 e. The van der Waals surface area contributed by atoms with E-state index in [0.29, 0.717) is 24.8 Å². The van der Waals surface area contributed by atoms with Crippen LogP contribution in [0.2, 0.25) is 5.02 Å². The first-order valence-electron chi connectivity index (χ1n) is 9.92. The van der Waals surface area contributed by atoms with Gasteiger partial charge in [-0.05, 0) is 45.7 Å². The summed E-state index contributed by atoms with van der Waals surface area (Å²) in [6, 6.07) is 2.70. The molecule has 1 aromatic heterocycles. The molecule has 0 bridgehead atoms. The summed E-state index contributed by atoms with van der Waals surface area (Å²) >= 11 is 6.33. The zero-order valence-corrected chi connectivity index (χ0v) is 18.6. The summed E-state index contributed by atoms with van der Waals surface area (Å²) in [7, 11) is 1.68. The second kappa shape index (κ2) is 8.82. The molecule has 2 heterocycles. The summed E-state index contributed by atoms with van der Waals surface area (Å²) in [5, 5.41) is 3.91. The Morgan fingerprint density at radius 1 is 1.29 bits per heavy atom. The summed E-state index contributed by atoms with van der Waals surface area (Å²) in [4.78, 5) is 28.6. The van der Waals surface area contributed by atoms with Gasteiger partial charge in [0.1, 0.15) is 22.1 Å². The van der Waals surface area contributed by atoms with Crippen molar-refractivity contribution in [1.82, 2.24) is 14.7 Å². The zero-order chi connectivity index (χ0) is 22.9. The molecule has 2 aromatic rings. The lowest BCUT2D eigenvalue weighted by molar-refractivity contribution is 0.0210. The molecule has 1 amide bonds. The van der Waals surface area contributed by atoms with Crippen molar-refractivity contribution in [2.45, 2.75) is 45.3 Å². The van der Waals surface area contributed by atoms with Gasteiger partial charge >= 0.3 is 6.09 Å². The van der Waals surface area contributed by atoms with E-state index in [4.69, 9.17) is 16.3 Å². The maximum absolute atomic E-state index is 14.1. The minimum atomic E-state index is -0.921. The number of carbonyl (C=O) groups is 1. The van der Waals surface area contributed by atoms with Crippen molar-refractivity contribution in [2.75, 3.05) is 25.0 Å². The first-order chi connectivity index (χ1) is 14.5. The number of ether oxygens (including phenoxy) is 1. The molecule has 168 valence electrons. The Hall–Kier alpha value is -2.68. The molecule has 0 radical (unpaired) electrons. The minimum absolute atomic E-state index is 0.126. The van der Waals surface area contributed by atoms with E-state index in [1.807, 2.05) is 4.90 Å². The molecule has 7 nitrogen and oxygen atoms in total. The molecule has 1 saturated heterocycles. The molecular weight excluding hydrogens is 430 g/mol. The molecule has 1 atom stereocenters. The molecule has 1 fully saturated rings. The van der Waals surface area contributed by atoms with Crippen LogP contribution in [-0.4, -0.2) is 52.6 Å². The highest BCUT2D eigenvalue weighted by atomic mass is 35.5. The number of nitrogens with zero attached hydrogens (tertiary/aromatic N) is 4. The van der Waals surface area contributed by atoms with Gasteiger partial charge in [0.05, 0.1) is 17.9 Å². The summed E-state index contributed by atoms with van der Waals surface area (Å²) in [5.74, 6) is -1.68. The third-order valence-corrected chi connectivity index (χ3v) is 5.36. The highest BCUT2D eigenvalue weighted by molar-refractivity contribution is 6.33. The van der Waals surface area contributed by atoms with Gasteiger partial charge in [0, 0.05) is 26.2 Å².